The number of methoxy groups -OCH3 is 1. The van der Waals surface area contributed by atoms with Crippen LogP contribution in [-0.2, 0) is 25.7 Å². The number of hydrogen-bond donors (Lipinski definition) is 0. The summed E-state index contributed by atoms with van der Waals surface area (Å²) in [5.74, 6) is -0.0792. The first-order valence-electron chi connectivity index (χ1n) is 16.1. The molecule has 4 aromatic rings. The summed E-state index contributed by atoms with van der Waals surface area (Å²) >= 11 is 4.74. The van der Waals surface area contributed by atoms with E-state index in [1.165, 1.54) is 35.1 Å². The number of halogens is 2. The third-order valence-corrected chi connectivity index (χ3v) is 9.15. The van der Waals surface area contributed by atoms with Crippen LogP contribution in [0.2, 0.25) is 0 Å². The number of fused-ring (bicyclic) bond motifs is 1. The second-order valence-electron chi connectivity index (χ2n) is 11.0. The van der Waals surface area contributed by atoms with Crippen molar-refractivity contribution in [1.29, 1.82) is 0 Å². The Hall–Kier alpha value is -4.95. The topological polar surface area (TPSA) is 124 Å². The van der Waals surface area contributed by atoms with Gasteiger partial charge in [0.2, 0.25) is 0 Å². The quantitative estimate of drug-likeness (QED) is 0.150. The Balaban J connectivity index is 1.60. The fourth-order valence-corrected chi connectivity index (χ4v) is 7.01. The van der Waals surface area contributed by atoms with Gasteiger partial charge in [0.15, 0.2) is 34.4 Å². The Kier molecular flexibility index (Phi) is 12.3. The highest BCUT2D eigenvalue weighted by Gasteiger charge is 2.34. The molecule has 0 saturated heterocycles. The zero-order chi connectivity index (χ0) is 36.7. The predicted octanol–water partition coefficient (Wildman–Crippen LogP) is 5.63. The van der Waals surface area contributed by atoms with E-state index in [9.17, 15) is 18.8 Å². The summed E-state index contributed by atoms with van der Waals surface area (Å²) in [4.78, 5) is 44.5. The number of hydrogen-bond acceptors (Lipinski definition) is 11. The molecule has 0 unspecified atom stereocenters. The fraction of sp³-hybridized carbons (Fsp3) is 0.297. The molecule has 268 valence electrons. The predicted molar refractivity (Wildman–Crippen MR) is 192 cm³/mol. The highest BCUT2D eigenvalue weighted by atomic mass is 79.9. The van der Waals surface area contributed by atoms with Crippen molar-refractivity contribution in [3.05, 3.63) is 113 Å². The van der Waals surface area contributed by atoms with Gasteiger partial charge in [0, 0.05) is 0 Å². The monoisotopic (exact) mass is 782 g/mol. The number of thiazole rings is 1. The average molecular weight is 784 g/mol. The van der Waals surface area contributed by atoms with Crippen LogP contribution >= 0.6 is 27.3 Å². The number of allylic oxidation sites excluding steroid dienone is 1. The van der Waals surface area contributed by atoms with Gasteiger partial charge in [-0.15, -0.1) is 0 Å². The minimum Gasteiger partial charge on any atom is -0.490 e. The van der Waals surface area contributed by atoms with Crippen LogP contribution < -0.4 is 33.8 Å². The lowest BCUT2D eigenvalue weighted by atomic mass is 9.95. The number of aromatic nitrogens is 1. The van der Waals surface area contributed by atoms with Crippen LogP contribution in [0.25, 0.3) is 6.08 Å². The summed E-state index contributed by atoms with van der Waals surface area (Å²) in [5, 5.41) is 0. The first-order chi connectivity index (χ1) is 24.6. The standard InChI is InChI=1S/C37H36BrFN2O9S/c1-6-46-28-18-24(12-13-27(28)49-20-31(42)45-5)33-32(36(44)48-8-3)21(4)40-37-41(33)35(43)30(51-37)17-23-15-26(38)34(29(16-23)47-7-2)50-19-22-10-9-11-25(39)14-22/h9-18,33H,6-8,19-20H2,1-5H3/b30-17-/t33-/m0/s1. The molecule has 0 bridgehead atoms. The van der Waals surface area contributed by atoms with Crippen LogP contribution in [0.3, 0.4) is 0 Å². The highest BCUT2D eigenvalue weighted by Crippen LogP contribution is 2.39. The zero-order valence-corrected chi connectivity index (χ0v) is 31.0. The molecule has 0 amide bonds. The van der Waals surface area contributed by atoms with Gasteiger partial charge in [0.05, 0.1) is 53.2 Å². The number of nitrogens with zero attached hydrogens (tertiary/aromatic N) is 2. The van der Waals surface area contributed by atoms with Gasteiger partial charge in [0.25, 0.3) is 5.56 Å². The van der Waals surface area contributed by atoms with E-state index in [4.69, 9.17) is 23.7 Å². The maximum Gasteiger partial charge on any atom is 0.343 e. The van der Waals surface area contributed by atoms with Crippen molar-refractivity contribution in [2.24, 2.45) is 4.99 Å². The largest absolute Gasteiger partial charge is 0.490 e. The maximum absolute atomic E-state index is 14.3. The van der Waals surface area contributed by atoms with Crippen LogP contribution in [0, 0.1) is 5.82 Å². The molecule has 1 aliphatic heterocycles. The SMILES string of the molecule is CCOC(=O)C1=C(C)N=c2s/c(=C\c3cc(Br)c(OCc4cccc(F)c4)c(OCC)c3)c(=O)n2[C@H]1c1ccc(OCC(=O)OC)c(OCC)c1. The van der Waals surface area contributed by atoms with E-state index >= 15 is 0 Å². The Bertz CT molecular complexity index is 2160. The molecule has 0 aliphatic carbocycles. The molecule has 1 atom stereocenters. The summed E-state index contributed by atoms with van der Waals surface area (Å²) in [5.41, 5.74) is 2.03. The van der Waals surface area contributed by atoms with Crippen molar-refractivity contribution in [3.63, 3.8) is 0 Å². The smallest absolute Gasteiger partial charge is 0.343 e. The number of benzene rings is 3. The normalized spacial score (nSPS) is 14.0. The molecule has 0 radical (unpaired) electrons. The molecule has 0 N–H and O–H groups in total. The Labute approximate surface area is 305 Å². The zero-order valence-electron chi connectivity index (χ0n) is 28.6. The van der Waals surface area contributed by atoms with E-state index in [0.29, 0.717) is 60.0 Å². The van der Waals surface area contributed by atoms with Crippen molar-refractivity contribution in [1.82, 2.24) is 4.57 Å². The van der Waals surface area contributed by atoms with Gasteiger partial charge in [-0.3, -0.25) is 9.36 Å². The lowest BCUT2D eigenvalue weighted by Gasteiger charge is -2.25. The fourth-order valence-electron chi connectivity index (χ4n) is 5.39. The lowest BCUT2D eigenvalue weighted by molar-refractivity contribution is -0.143. The summed E-state index contributed by atoms with van der Waals surface area (Å²) in [6.07, 6.45) is 1.71. The molecule has 0 saturated carbocycles. The number of carbonyl (C=O) groups is 2. The van der Waals surface area contributed by atoms with Gasteiger partial charge in [-0.25, -0.2) is 19.0 Å². The van der Waals surface area contributed by atoms with Gasteiger partial charge in [-0.1, -0.05) is 29.5 Å². The molecule has 51 heavy (non-hydrogen) atoms. The van der Waals surface area contributed by atoms with E-state index < -0.39 is 18.0 Å². The minimum absolute atomic E-state index is 0.111. The summed E-state index contributed by atoms with van der Waals surface area (Å²) in [7, 11) is 1.26. The summed E-state index contributed by atoms with van der Waals surface area (Å²) in [6, 6.07) is 13.7. The van der Waals surface area contributed by atoms with Crippen molar-refractivity contribution in [2.75, 3.05) is 33.5 Å². The Morgan fingerprint density at radius 3 is 2.43 bits per heavy atom. The van der Waals surface area contributed by atoms with E-state index in [1.807, 2.05) is 6.92 Å². The van der Waals surface area contributed by atoms with E-state index in [0.717, 1.165) is 0 Å². The molecule has 3 aromatic carbocycles. The van der Waals surface area contributed by atoms with Crippen LogP contribution in [-0.4, -0.2) is 50.0 Å². The van der Waals surface area contributed by atoms with Crippen LogP contribution in [0.15, 0.2) is 80.1 Å². The van der Waals surface area contributed by atoms with E-state index in [1.54, 1.807) is 69.3 Å². The number of rotatable bonds is 14. The molecule has 2 heterocycles. The molecule has 1 aromatic heterocycles. The molecule has 5 rings (SSSR count). The van der Waals surface area contributed by atoms with Crippen molar-refractivity contribution in [3.8, 4) is 23.0 Å². The molecule has 11 nitrogen and oxygen atoms in total. The maximum atomic E-state index is 14.3. The third-order valence-electron chi connectivity index (χ3n) is 7.58. The summed E-state index contributed by atoms with van der Waals surface area (Å²) < 4.78 is 49.6. The number of carbonyl (C=O) groups excluding carboxylic acids is 2. The van der Waals surface area contributed by atoms with Crippen LogP contribution in [0.1, 0.15) is 50.4 Å². The molecular formula is C37H36BrFN2O9S. The number of esters is 2. The second-order valence-corrected chi connectivity index (χ2v) is 12.9. The third kappa shape index (κ3) is 8.51. The summed E-state index contributed by atoms with van der Waals surface area (Å²) in [6.45, 7) is 7.57. The second kappa shape index (κ2) is 16.8. The Morgan fingerprint density at radius 1 is 0.961 bits per heavy atom. The Morgan fingerprint density at radius 2 is 1.73 bits per heavy atom. The van der Waals surface area contributed by atoms with Gasteiger partial charge in [-0.2, -0.15) is 0 Å². The number of ether oxygens (including phenoxy) is 6. The minimum atomic E-state index is -0.916. The van der Waals surface area contributed by atoms with E-state index in [2.05, 4.69) is 25.7 Å². The lowest BCUT2D eigenvalue weighted by Crippen LogP contribution is -2.40. The molecule has 14 heteroatoms. The molecule has 0 fully saturated rings. The first-order valence-corrected chi connectivity index (χ1v) is 17.7. The van der Waals surface area contributed by atoms with Crippen molar-refractivity contribution in [2.45, 2.75) is 40.3 Å². The van der Waals surface area contributed by atoms with Crippen LogP contribution in [0.4, 0.5) is 4.39 Å². The van der Waals surface area contributed by atoms with Gasteiger partial charge in [0.1, 0.15) is 12.4 Å². The molecule has 1 aliphatic rings. The molecular weight excluding hydrogens is 747 g/mol. The van der Waals surface area contributed by atoms with Gasteiger partial charge in [-0.05, 0) is 103 Å². The highest BCUT2D eigenvalue weighted by molar-refractivity contribution is 9.10. The molecule has 0 spiro atoms. The van der Waals surface area contributed by atoms with Crippen molar-refractivity contribution < 1.29 is 42.4 Å². The van der Waals surface area contributed by atoms with Crippen molar-refractivity contribution >= 4 is 45.3 Å². The van der Waals surface area contributed by atoms with E-state index in [-0.39, 0.29) is 49.1 Å². The first kappa shape index (κ1) is 37.3. The average Bonchev–Trinajstić information content (AvgIpc) is 3.40. The van der Waals surface area contributed by atoms with Crippen LogP contribution in [0.5, 0.6) is 23.0 Å². The van der Waals surface area contributed by atoms with Gasteiger partial charge < -0.3 is 28.4 Å². The van der Waals surface area contributed by atoms with Gasteiger partial charge >= 0.3 is 11.9 Å².